The highest BCUT2D eigenvalue weighted by Gasteiger charge is 2.20. The van der Waals surface area contributed by atoms with Crippen LogP contribution in [0.4, 0.5) is 10.3 Å². The van der Waals surface area contributed by atoms with Gasteiger partial charge in [-0.1, -0.05) is 40.5 Å². The number of aromatic nitrogens is 5. The number of hydrogen-bond acceptors (Lipinski definition) is 4. The van der Waals surface area contributed by atoms with Crippen molar-refractivity contribution in [3.8, 4) is 11.1 Å². The summed E-state index contributed by atoms with van der Waals surface area (Å²) >= 11 is 0. The van der Waals surface area contributed by atoms with Crippen LogP contribution in [0.25, 0.3) is 33.2 Å². The van der Waals surface area contributed by atoms with Gasteiger partial charge < -0.3 is 14.9 Å². The Bertz CT molecular complexity index is 1180. The first-order chi connectivity index (χ1) is 15.6. The first kappa shape index (κ1) is 23.7. The second-order valence-electron chi connectivity index (χ2n) is 7.77. The number of halogens is 1. The molecule has 0 saturated heterocycles. The number of rotatable bonds is 8. The molecule has 0 radical (unpaired) electrons. The molecular formula is C25H39FN6. The summed E-state index contributed by atoms with van der Waals surface area (Å²) in [6.07, 6.45) is 7.94. The van der Waals surface area contributed by atoms with E-state index < -0.39 is 0 Å². The van der Waals surface area contributed by atoms with Gasteiger partial charge in [0.25, 0.3) is 0 Å². The molecule has 3 aromatic heterocycles. The summed E-state index contributed by atoms with van der Waals surface area (Å²) in [5, 5.41) is 3.99. The Labute approximate surface area is 192 Å². The second kappa shape index (κ2) is 10.6. The highest BCUT2D eigenvalue weighted by Crippen LogP contribution is 2.34. The maximum absolute atomic E-state index is 15.1. The van der Waals surface area contributed by atoms with Crippen LogP contribution >= 0.6 is 0 Å². The monoisotopic (exact) mass is 442 g/mol. The van der Waals surface area contributed by atoms with Gasteiger partial charge in [-0.2, -0.15) is 4.98 Å². The van der Waals surface area contributed by atoms with Crippen LogP contribution in [0, 0.1) is 12.7 Å². The zero-order valence-electron chi connectivity index (χ0n) is 20.1. The Morgan fingerprint density at radius 1 is 1.12 bits per heavy atom. The van der Waals surface area contributed by atoms with Gasteiger partial charge in [0.15, 0.2) is 5.82 Å². The SMILES string of the molecule is CC.CCCC(CCC)n1c(C)nc2c(F)cc(-c3c[nH]c4nc(NCC)ncc34)cc21.[HH].[HH]. The number of anilines is 1. The number of H-pyrrole nitrogens is 1. The summed E-state index contributed by atoms with van der Waals surface area (Å²) in [7, 11) is 0. The van der Waals surface area contributed by atoms with Crippen LogP contribution in [0.3, 0.4) is 0 Å². The van der Waals surface area contributed by atoms with E-state index in [2.05, 4.69) is 49.7 Å². The minimum absolute atomic E-state index is 0. The fraction of sp³-hybridized carbons (Fsp3) is 0.480. The average Bonchev–Trinajstić information content (AvgIpc) is 3.36. The molecule has 6 nitrogen and oxygen atoms in total. The number of nitrogens with zero attached hydrogens (tertiary/aromatic N) is 4. The molecule has 0 unspecified atom stereocenters. The van der Waals surface area contributed by atoms with Gasteiger partial charge in [-0.25, -0.2) is 14.4 Å². The maximum Gasteiger partial charge on any atom is 0.224 e. The number of imidazole rings is 1. The molecule has 7 heteroatoms. The number of fused-ring (bicyclic) bond motifs is 2. The van der Waals surface area contributed by atoms with Gasteiger partial charge in [-0.05, 0) is 44.4 Å². The first-order valence-electron chi connectivity index (χ1n) is 11.8. The van der Waals surface area contributed by atoms with Crippen molar-refractivity contribution in [2.45, 2.75) is 73.3 Å². The van der Waals surface area contributed by atoms with E-state index in [1.54, 1.807) is 12.3 Å². The molecule has 0 fully saturated rings. The molecule has 0 bridgehead atoms. The van der Waals surface area contributed by atoms with E-state index in [1.807, 2.05) is 33.9 Å². The fourth-order valence-corrected chi connectivity index (χ4v) is 4.34. The molecule has 0 aliphatic carbocycles. The van der Waals surface area contributed by atoms with E-state index in [-0.39, 0.29) is 8.67 Å². The van der Waals surface area contributed by atoms with Crippen LogP contribution in [0.2, 0.25) is 0 Å². The molecule has 0 saturated carbocycles. The van der Waals surface area contributed by atoms with E-state index in [4.69, 9.17) is 0 Å². The Morgan fingerprint density at radius 3 is 2.50 bits per heavy atom. The van der Waals surface area contributed by atoms with Crippen LogP contribution in [-0.2, 0) is 0 Å². The average molecular weight is 443 g/mol. The molecule has 0 spiro atoms. The summed E-state index contributed by atoms with van der Waals surface area (Å²) in [5.74, 6) is 1.15. The van der Waals surface area contributed by atoms with Crippen molar-refractivity contribution in [2.24, 2.45) is 0 Å². The summed E-state index contributed by atoms with van der Waals surface area (Å²) in [4.78, 5) is 16.7. The quantitative estimate of drug-likeness (QED) is 0.296. The zero-order chi connectivity index (χ0) is 23.3. The molecule has 4 rings (SSSR count). The molecule has 0 amide bonds. The first-order valence-corrected chi connectivity index (χ1v) is 11.8. The predicted octanol–water partition coefficient (Wildman–Crippen LogP) is 7.51. The van der Waals surface area contributed by atoms with Crippen molar-refractivity contribution in [3.05, 3.63) is 36.2 Å². The number of hydrogen-bond donors (Lipinski definition) is 2. The maximum atomic E-state index is 15.1. The lowest BCUT2D eigenvalue weighted by atomic mass is 10.0. The smallest absolute Gasteiger partial charge is 0.224 e. The molecule has 32 heavy (non-hydrogen) atoms. The van der Waals surface area contributed by atoms with Gasteiger partial charge in [0.2, 0.25) is 5.95 Å². The standard InChI is InChI=1S/C23H29FN6.C2H6.2H2/c1-5-8-16(9-6-2)30-14(4)28-21-19(24)10-15(11-20(21)30)17-12-26-22-18(17)13-27-23(29-22)25-7-3;1-2;;/h10-13,16H,5-9H2,1-4H3,(H2,25,26,27,29);1-2H3;2*1H. The van der Waals surface area contributed by atoms with Crippen molar-refractivity contribution < 1.29 is 7.24 Å². The van der Waals surface area contributed by atoms with Gasteiger partial charge in [-0.3, -0.25) is 0 Å². The Balaban J connectivity index is 0.00000141. The number of aryl methyl sites for hydroxylation is 1. The third-order valence-electron chi connectivity index (χ3n) is 5.61. The number of benzene rings is 1. The molecule has 2 N–H and O–H groups in total. The molecule has 1 aromatic carbocycles. The van der Waals surface area contributed by atoms with Crippen LogP contribution < -0.4 is 5.32 Å². The van der Waals surface area contributed by atoms with E-state index in [0.717, 1.165) is 65.7 Å². The van der Waals surface area contributed by atoms with Crippen LogP contribution in [-0.4, -0.2) is 31.0 Å². The van der Waals surface area contributed by atoms with Crippen molar-refractivity contribution in [1.82, 2.24) is 24.5 Å². The Hall–Kier alpha value is -2.96. The summed E-state index contributed by atoms with van der Waals surface area (Å²) in [5.41, 5.74) is 3.73. The third kappa shape index (κ3) is 4.47. The lowest BCUT2D eigenvalue weighted by Crippen LogP contribution is -2.10. The van der Waals surface area contributed by atoms with E-state index in [9.17, 15) is 0 Å². The van der Waals surface area contributed by atoms with E-state index >= 15 is 4.39 Å². The highest BCUT2D eigenvalue weighted by molar-refractivity contribution is 5.96. The highest BCUT2D eigenvalue weighted by atomic mass is 19.1. The van der Waals surface area contributed by atoms with Gasteiger partial charge >= 0.3 is 0 Å². The van der Waals surface area contributed by atoms with Crippen LogP contribution in [0.1, 0.15) is 75.0 Å². The molecule has 3 heterocycles. The third-order valence-corrected chi connectivity index (χ3v) is 5.61. The Kier molecular flexibility index (Phi) is 7.83. The minimum Gasteiger partial charge on any atom is -0.354 e. The summed E-state index contributed by atoms with van der Waals surface area (Å²) < 4.78 is 17.3. The van der Waals surface area contributed by atoms with Gasteiger partial charge in [-0.15, -0.1) is 0 Å². The zero-order valence-corrected chi connectivity index (χ0v) is 20.1. The minimum atomic E-state index is -0.296. The van der Waals surface area contributed by atoms with Crippen molar-refractivity contribution >= 4 is 28.0 Å². The van der Waals surface area contributed by atoms with Gasteiger partial charge in [0.1, 0.15) is 17.0 Å². The number of aromatic amines is 1. The normalized spacial score (nSPS) is 11.2. The molecule has 0 atom stereocenters. The lowest BCUT2D eigenvalue weighted by molar-refractivity contribution is 0.428. The van der Waals surface area contributed by atoms with Crippen LogP contribution in [0.15, 0.2) is 24.5 Å². The molecule has 4 aromatic rings. The van der Waals surface area contributed by atoms with Crippen LogP contribution in [0.5, 0.6) is 0 Å². The largest absolute Gasteiger partial charge is 0.354 e. The van der Waals surface area contributed by atoms with Crippen molar-refractivity contribution in [1.29, 1.82) is 0 Å². The van der Waals surface area contributed by atoms with E-state index in [0.29, 0.717) is 17.5 Å². The summed E-state index contributed by atoms with van der Waals surface area (Å²) in [6, 6.07) is 3.94. The Morgan fingerprint density at radius 2 is 1.84 bits per heavy atom. The van der Waals surface area contributed by atoms with Crippen molar-refractivity contribution in [2.75, 3.05) is 11.9 Å². The summed E-state index contributed by atoms with van der Waals surface area (Å²) in [6.45, 7) is 13.1. The van der Waals surface area contributed by atoms with Gasteiger partial charge in [0.05, 0.1) is 5.52 Å². The van der Waals surface area contributed by atoms with Crippen molar-refractivity contribution in [3.63, 3.8) is 0 Å². The molecule has 176 valence electrons. The topological polar surface area (TPSA) is 71.4 Å². The van der Waals surface area contributed by atoms with E-state index in [1.165, 1.54) is 0 Å². The lowest BCUT2D eigenvalue weighted by Gasteiger charge is -2.20. The fourth-order valence-electron chi connectivity index (χ4n) is 4.34. The molecule has 0 aliphatic heterocycles. The number of nitrogens with one attached hydrogen (secondary N) is 2. The molecule has 0 aliphatic rings. The second-order valence-corrected chi connectivity index (χ2v) is 7.77. The molecular weight excluding hydrogens is 403 g/mol. The predicted molar refractivity (Wildman–Crippen MR) is 136 cm³/mol. The van der Waals surface area contributed by atoms with Gasteiger partial charge in [0, 0.05) is 38.8 Å².